The summed E-state index contributed by atoms with van der Waals surface area (Å²) in [5, 5.41) is 18.4. The molecular weight excluding hydrogens is 382 g/mol. The number of thiophene rings is 1. The lowest BCUT2D eigenvalue weighted by molar-refractivity contribution is 0.0694. The van der Waals surface area contributed by atoms with E-state index in [-0.39, 0.29) is 16.1 Å². The molecule has 9 heteroatoms. The van der Waals surface area contributed by atoms with Crippen molar-refractivity contribution in [2.45, 2.75) is 11.8 Å². The monoisotopic (exact) mass is 391 g/mol. The molecule has 6 nitrogen and oxygen atoms in total. The minimum atomic E-state index is -3.80. The Morgan fingerprint density at radius 3 is 2.48 bits per heavy atom. The molecule has 0 aliphatic carbocycles. The number of sulfonamides is 1. The van der Waals surface area contributed by atoms with Gasteiger partial charge in [0.1, 0.15) is 16.2 Å². The largest absolute Gasteiger partial charge is 0.507 e. The van der Waals surface area contributed by atoms with Crippen LogP contribution < -0.4 is 4.72 Å². The Hall–Kier alpha value is -1.58. The molecule has 112 valence electrons. The smallest absolute Gasteiger partial charge is 0.339 e. The van der Waals surface area contributed by atoms with E-state index in [0.29, 0.717) is 8.66 Å². The van der Waals surface area contributed by atoms with Crippen molar-refractivity contribution < 1.29 is 23.4 Å². The van der Waals surface area contributed by atoms with Crippen molar-refractivity contribution in [2.75, 3.05) is 4.72 Å². The van der Waals surface area contributed by atoms with Gasteiger partial charge in [-0.1, -0.05) is 0 Å². The number of nitrogens with one attached hydrogen (secondary N) is 1. The average molecular weight is 392 g/mol. The number of carboxylic acid groups (broad SMARTS) is 1. The minimum absolute atomic E-state index is 0.0826. The van der Waals surface area contributed by atoms with Gasteiger partial charge in [0.2, 0.25) is 0 Å². The van der Waals surface area contributed by atoms with Gasteiger partial charge in [0.15, 0.2) is 0 Å². The first-order valence-electron chi connectivity index (χ1n) is 5.56. The first-order chi connectivity index (χ1) is 9.70. The third-order valence-corrected chi connectivity index (χ3v) is 5.80. The van der Waals surface area contributed by atoms with E-state index in [1.54, 1.807) is 6.92 Å². The van der Waals surface area contributed by atoms with Crippen LogP contribution in [0.3, 0.4) is 0 Å². The van der Waals surface area contributed by atoms with E-state index in [1.165, 1.54) is 23.5 Å². The summed E-state index contributed by atoms with van der Waals surface area (Å²) in [6.45, 7) is 1.68. The van der Waals surface area contributed by atoms with Gasteiger partial charge < -0.3 is 10.2 Å². The second-order valence-electron chi connectivity index (χ2n) is 4.11. The fourth-order valence-electron chi connectivity index (χ4n) is 1.68. The molecule has 0 atom stereocenters. The SMILES string of the molecule is Cc1sc(Br)cc1S(=O)(=O)Nc1ccc(C(=O)O)c(O)c1. The average Bonchev–Trinajstić information content (AvgIpc) is 2.68. The summed E-state index contributed by atoms with van der Waals surface area (Å²) in [6.07, 6.45) is 0. The van der Waals surface area contributed by atoms with E-state index >= 15 is 0 Å². The number of aromatic carboxylic acids is 1. The van der Waals surface area contributed by atoms with Crippen LogP contribution in [0, 0.1) is 6.92 Å². The number of halogens is 1. The molecule has 0 bridgehead atoms. The van der Waals surface area contributed by atoms with E-state index in [2.05, 4.69) is 20.7 Å². The number of carbonyl (C=O) groups is 1. The van der Waals surface area contributed by atoms with E-state index < -0.39 is 21.7 Å². The predicted octanol–water partition coefficient (Wildman–Crippen LogP) is 3.02. The highest BCUT2D eigenvalue weighted by molar-refractivity contribution is 9.11. The van der Waals surface area contributed by atoms with Crippen LogP contribution in [0.5, 0.6) is 5.75 Å². The maximum atomic E-state index is 12.2. The van der Waals surface area contributed by atoms with Gasteiger partial charge >= 0.3 is 5.97 Å². The number of phenols is 1. The molecule has 0 amide bonds. The Morgan fingerprint density at radius 2 is 2.00 bits per heavy atom. The van der Waals surface area contributed by atoms with Crippen molar-refractivity contribution in [1.29, 1.82) is 0 Å². The third kappa shape index (κ3) is 3.36. The van der Waals surface area contributed by atoms with Gasteiger partial charge in [-0.3, -0.25) is 4.72 Å². The van der Waals surface area contributed by atoms with Crippen LogP contribution in [0.2, 0.25) is 0 Å². The molecule has 0 aliphatic heterocycles. The van der Waals surface area contributed by atoms with Crippen molar-refractivity contribution in [3.8, 4) is 5.75 Å². The van der Waals surface area contributed by atoms with Crippen molar-refractivity contribution in [3.05, 3.63) is 38.5 Å². The lowest BCUT2D eigenvalue weighted by Crippen LogP contribution is -2.13. The van der Waals surface area contributed by atoms with Gasteiger partial charge in [-0.25, -0.2) is 13.2 Å². The lowest BCUT2D eigenvalue weighted by atomic mass is 10.2. The molecule has 1 aromatic heterocycles. The maximum Gasteiger partial charge on any atom is 0.339 e. The molecule has 2 aromatic rings. The summed E-state index contributed by atoms with van der Waals surface area (Å²) in [7, 11) is -3.80. The second kappa shape index (κ2) is 5.66. The number of hydrogen-bond acceptors (Lipinski definition) is 5. The quantitative estimate of drug-likeness (QED) is 0.742. The molecule has 0 unspecified atom stereocenters. The molecule has 2 rings (SSSR count). The van der Waals surface area contributed by atoms with Gasteiger partial charge in [0.05, 0.1) is 9.47 Å². The van der Waals surface area contributed by atoms with Crippen molar-refractivity contribution in [3.63, 3.8) is 0 Å². The molecule has 0 radical (unpaired) electrons. The van der Waals surface area contributed by atoms with Gasteiger partial charge in [0, 0.05) is 10.9 Å². The fourth-order valence-corrected chi connectivity index (χ4v) is 5.15. The number of rotatable bonds is 4. The van der Waals surface area contributed by atoms with Crippen LogP contribution in [-0.2, 0) is 10.0 Å². The lowest BCUT2D eigenvalue weighted by Gasteiger charge is -2.09. The Morgan fingerprint density at radius 1 is 1.33 bits per heavy atom. The van der Waals surface area contributed by atoms with E-state index in [4.69, 9.17) is 5.11 Å². The molecule has 1 aromatic carbocycles. The Balaban J connectivity index is 2.35. The normalized spacial score (nSPS) is 11.3. The van der Waals surface area contributed by atoms with Crippen molar-refractivity contribution in [2.24, 2.45) is 0 Å². The summed E-state index contributed by atoms with van der Waals surface area (Å²) in [6, 6.07) is 4.94. The topological polar surface area (TPSA) is 104 Å². The van der Waals surface area contributed by atoms with E-state index in [0.717, 1.165) is 12.1 Å². The number of anilines is 1. The molecule has 0 saturated carbocycles. The number of carboxylic acids is 1. The van der Waals surface area contributed by atoms with E-state index in [1.807, 2.05) is 0 Å². The fraction of sp³-hybridized carbons (Fsp3) is 0.0833. The summed E-state index contributed by atoms with van der Waals surface area (Å²) in [5.74, 6) is -1.80. The van der Waals surface area contributed by atoms with Crippen LogP contribution in [0.15, 0.2) is 32.9 Å². The first-order valence-corrected chi connectivity index (χ1v) is 8.65. The number of benzene rings is 1. The standard InChI is InChI=1S/C12H10BrNO5S2/c1-6-10(5-11(13)20-6)21(18,19)14-7-2-3-8(12(16)17)9(15)4-7/h2-5,14-15H,1H3,(H,16,17). The molecule has 3 N–H and O–H groups in total. The molecule has 21 heavy (non-hydrogen) atoms. The second-order valence-corrected chi connectivity index (χ2v) is 8.40. The van der Waals surface area contributed by atoms with Gasteiger partial charge in [-0.2, -0.15) is 0 Å². The Labute approximate surface area is 133 Å². The molecule has 0 fully saturated rings. The maximum absolute atomic E-state index is 12.2. The highest BCUT2D eigenvalue weighted by atomic mass is 79.9. The van der Waals surface area contributed by atoms with Crippen molar-refractivity contribution >= 4 is 48.9 Å². The zero-order chi connectivity index (χ0) is 15.8. The number of aromatic hydroxyl groups is 1. The van der Waals surface area contributed by atoms with Crippen LogP contribution in [0.1, 0.15) is 15.2 Å². The minimum Gasteiger partial charge on any atom is -0.507 e. The van der Waals surface area contributed by atoms with Gasteiger partial charge in [-0.15, -0.1) is 11.3 Å². The van der Waals surface area contributed by atoms with Crippen LogP contribution >= 0.6 is 27.3 Å². The molecule has 0 saturated heterocycles. The van der Waals surface area contributed by atoms with Crippen molar-refractivity contribution in [1.82, 2.24) is 0 Å². The summed E-state index contributed by atoms with van der Waals surface area (Å²) in [4.78, 5) is 11.5. The van der Waals surface area contributed by atoms with Crippen LogP contribution in [0.25, 0.3) is 0 Å². The summed E-state index contributed by atoms with van der Waals surface area (Å²) < 4.78 is 27.5. The number of aryl methyl sites for hydroxylation is 1. The molecule has 1 heterocycles. The zero-order valence-electron chi connectivity index (χ0n) is 10.6. The Bertz CT molecular complexity index is 813. The Kier molecular flexibility index (Phi) is 4.26. The van der Waals surface area contributed by atoms with Gasteiger partial charge in [0.25, 0.3) is 10.0 Å². The first kappa shape index (κ1) is 15.8. The van der Waals surface area contributed by atoms with Crippen LogP contribution in [0.4, 0.5) is 5.69 Å². The van der Waals surface area contributed by atoms with Crippen LogP contribution in [-0.4, -0.2) is 24.6 Å². The predicted molar refractivity (Wildman–Crippen MR) is 82.6 cm³/mol. The number of hydrogen-bond donors (Lipinski definition) is 3. The highest BCUT2D eigenvalue weighted by Crippen LogP contribution is 2.31. The zero-order valence-corrected chi connectivity index (χ0v) is 13.8. The van der Waals surface area contributed by atoms with Gasteiger partial charge in [-0.05, 0) is 41.1 Å². The summed E-state index contributed by atoms with van der Waals surface area (Å²) >= 11 is 4.51. The molecule has 0 spiro atoms. The highest BCUT2D eigenvalue weighted by Gasteiger charge is 2.20. The summed E-state index contributed by atoms with van der Waals surface area (Å²) in [5.41, 5.74) is -0.216. The third-order valence-electron chi connectivity index (χ3n) is 2.61. The van der Waals surface area contributed by atoms with E-state index in [9.17, 15) is 18.3 Å². The molecular formula is C12H10BrNO5S2. The molecule has 0 aliphatic rings.